The third kappa shape index (κ3) is 4.64. The Bertz CT molecular complexity index is 522. The number of carbonyl (C=O) groups excluding carboxylic acids is 1. The number of halogens is 3. The van der Waals surface area contributed by atoms with Crippen LogP contribution in [0.2, 0.25) is 0 Å². The molecule has 1 N–H and O–H groups in total. The summed E-state index contributed by atoms with van der Waals surface area (Å²) in [6.45, 7) is 0.572. The Kier molecular flexibility index (Phi) is 5.74. The highest BCUT2D eigenvalue weighted by atomic mass is 32.2. The van der Waals surface area contributed by atoms with Crippen LogP contribution < -0.4 is 5.32 Å². The van der Waals surface area contributed by atoms with Crippen LogP contribution in [0.25, 0.3) is 0 Å². The molecule has 0 heterocycles. The first kappa shape index (κ1) is 17.1. The van der Waals surface area contributed by atoms with Crippen molar-refractivity contribution in [2.75, 3.05) is 25.2 Å². The summed E-state index contributed by atoms with van der Waals surface area (Å²) in [6.07, 6.45) is -3.80. The molecule has 1 aliphatic carbocycles. The molecule has 3 nitrogen and oxygen atoms in total. The van der Waals surface area contributed by atoms with Gasteiger partial charge in [-0.15, -0.1) is 11.8 Å². The number of hydrogen-bond acceptors (Lipinski definition) is 3. The fourth-order valence-corrected chi connectivity index (χ4v) is 3.03. The van der Waals surface area contributed by atoms with E-state index in [2.05, 4.69) is 5.32 Å². The summed E-state index contributed by atoms with van der Waals surface area (Å²) >= 11 is 1.44. The summed E-state index contributed by atoms with van der Waals surface area (Å²) in [7, 11) is 1.59. The number of ether oxygens (including phenoxy) is 1. The largest absolute Gasteiger partial charge is 0.416 e. The van der Waals surface area contributed by atoms with Crippen LogP contribution in [-0.4, -0.2) is 37.2 Å². The van der Waals surface area contributed by atoms with Crippen molar-refractivity contribution < 1.29 is 22.7 Å². The average Bonchev–Trinajstić information content (AvgIpc) is 3.22. The summed E-state index contributed by atoms with van der Waals surface area (Å²) in [6, 6.07) is 5.37. The lowest BCUT2D eigenvalue weighted by Crippen LogP contribution is -2.28. The minimum absolute atomic E-state index is 0.141. The molecule has 2 rings (SSSR count). The van der Waals surface area contributed by atoms with E-state index in [0.717, 1.165) is 11.8 Å². The highest BCUT2D eigenvalue weighted by molar-refractivity contribution is 7.99. The molecule has 7 heteroatoms. The second kappa shape index (κ2) is 7.37. The highest BCUT2D eigenvalue weighted by Crippen LogP contribution is 2.46. The molecule has 0 aliphatic heterocycles. The Labute approximate surface area is 131 Å². The first-order valence-corrected chi connectivity index (χ1v) is 8.11. The topological polar surface area (TPSA) is 38.3 Å². The molecule has 1 amide bonds. The number of rotatable bonds is 7. The fraction of sp³-hybridized carbons (Fsp3) is 0.533. The van der Waals surface area contributed by atoms with Crippen molar-refractivity contribution in [2.45, 2.75) is 24.6 Å². The van der Waals surface area contributed by atoms with Crippen molar-refractivity contribution in [1.29, 1.82) is 0 Å². The first-order valence-electron chi connectivity index (χ1n) is 6.95. The smallest absolute Gasteiger partial charge is 0.384 e. The van der Waals surface area contributed by atoms with E-state index in [1.165, 1.54) is 23.9 Å². The standard InChI is InChI=1S/C15H18F3NO2S/c1-21-6-7-22-9-14(20)19-13-8-11(13)10-4-2-3-5-12(10)15(16,17)18/h2-5,11,13H,6-9H2,1H3,(H,19,20). The van der Waals surface area contributed by atoms with Gasteiger partial charge in [0.25, 0.3) is 0 Å². The Morgan fingerprint density at radius 2 is 2.14 bits per heavy atom. The number of methoxy groups -OCH3 is 1. The molecule has 0 bridgehead atoms. The number of benzene rings is 1. The van der Waals surface area contributed by atoms with Crippen LogP contribution in [0.1, 0.15) is 23.5 Å². The molecule has 1 aromatic carbocycles. The summed E-state index contributed by atoms with van der Waals surface area (Å²) in [5.74, 6) is 0.631. The van der Waals surface area contributed by atoms with Crippen molar-refractivity contribution in [3.8, 4) is 0 Å². The number of hydrogen-bond donors (Lipinski definition) is 1. The van der Waals surface area contributed by atoms with Crippen molar-refractivity contribution in [2.24, 2.45) is 0 Å². The van der Waals surface area contributed by atoms with Gasteiger partial charge in [0.2, 0.25) is 5.91 Å². The van der Waals surface area contributed by atoms with E-state index in [0.29, 0.717) is 18.8 Å². The lowest BCUT2D eigenvalue weighted by molar-refractivity contribution is -0.138. The van der Waals surface area contributed by atoms with E-state index in [1.54, 1.807) is 13.2 Å². The molecule has 1 aromatic rings. The molecule has 1 fully saturated rings. The molecule has 0 spiro atoms. The van der Waals surface area contributed by atoms with Crippen molar-refractivity contribution in [3.05, 3.63) is 35.4 Å². The van der Waals surface area contributed by atoms with Gasteiger partial charge in [-0.3, -0.25) is 4.79 Å². The van der Waals surface area contributed by atoms with Crippen LogP contribution >= 0.6 is 11.8 Å². The van der Waals surface area contributed by atoms with Crippen LogP contribution in [0.15, 0.2) is 24.3 Å². The minimum Gasteiger partial charge on any atom is -0.384 e. The summed E-state index contributed by atoms with van der Waals surface area (Å²) < 4.78 is 43.8. The van der Waals surface area contributed by atoms with E-state index < -0.39 is 11.7 Å². The predicted molar refractivity (Wildman–Crippen MR) is 79.9 cm³/mol. The van der Waals surface area contributed by atoms with Crippen LogP contribution in [0.4, 0.5) is 13.2 Å². The second-order valence-corrected chi connectivity index (χ2v) is 6.25. The molecule has 1 saturated carbocycles. The predicted octanol–water partition coefficient (Wildman–Crippen LogP) is 3.06. The Hall–Kier alpha value is -1.21. The van der Waals surface area contributed by atoms with E-state index in [1.807, 2.05) is 0 Å². The number of amides is 1. The SMILES string of the molecule is COCCSCC(=O)NC1CC1c1ccccc1C(F)(F)F. The zero-order chi connectivity index (χ0) is 16.2. The van der Waals surface area contributed by atoms with Gasteiger partial charge in [-0.2, -0.15) is 13.2 Å². The molecule has 2 atom stereocenters. The van der Waals surface area contributed by atoms with E-state index in [9.17, 15) is 18.0 Å². The normalized spacial score (nSPS) is 20.7. The molecule has 0 aromatic heterocycles. The van der Waals surface area contributed by atoms with Crippen molar-refractivity contribution in [3.63, 3.8) is 0 Å². The third-order valence-corrected chi connectivity index (χ3v) is 4.39. The monoisotopic (exact) mass is 333 g/mol. The molecule has 1 aliphatic rings. The van der Waals surface area contributed by atoms with Crippen LogP contribution in [-0.2, 0) is 15.7 Å². The Balaban J connectivity index is 1.87. The second-order valence-electron chi connectivity index (χ2n) is 5.15. The van der Waals surface area contributed by atoms with E-state index >= 15 is 0 Å². The van der Waals surface area contributed by atoms with Crippen LogP contribution in [0.3, 0.4) is 0 Å². The summed E-state index contributed by atoms with van der Waals surface area (Å²) in [4.78, 5) is 11.7. The molecule has 0 radical (unpaired) electrons. The maximum absolute atomic E-state index is 13.0. The fourth-order valence-electron chi connectivity index (χ4n) is 2.33. The quantitative estimate of drug-likeness (QED) is 0.780. The number of nitrogens with one attached hydrogen (secondary N) is 1. The summed E-state index contributed by atoms with van der Waals surface area (Å²) in [5, 5.41) is 2.79. The third-order valence-electron chi connectivity index (χ3n) is 3.47. The maximum atomic E-state index is 13.0. The van der Waals surface area contributed by atoms with Gasteiger partial charge in [-0.05, 0) is 18.1 Å². The maximum Gasteiger partial charge on any atom is 0.416 e. The van der Waals surface area contributed by atoms with Gasteiger partial charge in [0.1, 0.15) is 0 Å². The number of alkyl halides is 3. The first-order chi connectivity index (χ1) is 10.4. The van der Waals surface area contributed by atoms with Crippen LogP contribution in [0.5, 0.6) is 0 Å². The average molecular weight is 333 g/mol. The zero-order valence-corrected chi connectivity index (χ0v) is 13.0. The van der Waals surface area contributed by atoms with Gasteiger partial charge in [-0.25, -0.2) is 0 Å². The molecular formula is C15H18F3NO2S. The van der Waals surface area contributed by atoms with Gasteiger partial charge in [-0.1, -0.05) is 18.2 Å². The highest BCUT2D eigenvalue weighted by Gasteiger charge is 2.44. The van der Waals surface area contributed by atoms with E-state index in [-0.39, 0.29) is 23.4 Å². The van der Waals surface area contributed by atoms with E-state index in [4.69, 9.17) is 4.74 Å². The number of carbonyl (C=O) groups is 1. The molecule has 0 saturated heterocycles. The van der Waals surface area contributed by atoms with Crippen molar-refractivity contribution >= 4 is 17.7 Å². The molecule has 22 heavy (non-hydrogen) atoms. The number of thioether (sulfide) groups is 1. The van der Waals surface area contributed by atoms with Gasteiger partial charge in [0, 0.05) is 24.8 Å². The zero-order valence-electron chi connectivity index (χ0n) is 12.2. The van der Waals surface area contributed by atoms with Gasteiger partial charge in [0.15, 0.2) is 0 Å². The molecule has 122 valence electrons. The van der Waals surface area contributed by atoms with Crippen LogP contribution in [0, 0.1) is 0 Å². The Morgan fingerprint density at radius 1 is 1.41 bits per heavy atom. The Morgan fingerprint density at radius 3 is 2.82 bits per heavy atom. The van der Waals surface area contributed by atoms with Gasteiger partial charge < -0.3 is 10.1 Å². The molecule has 2 unspecified atom stereocenters. The van der Waals surface area contributed by atoms with Gasteiger partial charge >= 0.3 is 6.18 Å². The molecular weight excluding hydrogens is 315 g/mol. The lowest BCUT2D eigenvalue weighted by atomic mass is 10.0. The lowest BCUT2D eigenvalue weighted by Gasteiger charge is -2.12. The van der Waals surface area contributed by atoms with Crippen molar-refractivity contribution in [1.82, 2.24) is 5.32 Å². The summed E-state index contributed by atoms with van der Waals surface area (Å²) in [5.41, 5.74) is -0.335. The minimum atomic E-state index is -4.36. The van der Waals surface area contributed by atoms with Gasteiger partial charge in [0.05, 0.1) is 17.9 Å².